The van der Waals surface area contributed by atoms with E-state index in [0.717, 1.165) is 49.8 Å². The number of rotatable bonds is 2. The maximum Gasteiger partial charge on any atom is 0.135 e. The molecule has 0 atom stereocenters. The van der Waals surface area contributed by atoms with Gasteiger partial charge in [0.1, 0.15) is 11.2 Å². The highest BCUT2D eigenvalue weighted by Crippen LogP contribution is 2.39. The number of pyridine rings is 1. The van der Waals surface area contributed by atoms with E-state index in [0.29, 0.717) is 0 Å². The molecule has 4 heterocycles. The molecule has 0 N–H and O–H groups in total. The number of para-hydroxylation sites is 3. The molecular formula is C39H23N3O. The molecule has 0 radical (unpaired) electrons. The van der Waals surface area contributed by atoms with Crippen LogP contribution in [0.4, 0.5) is 0 Å². The van der Waals surface area contributed by atoms with Gasteiger partial charge in [-0.2, -0.15) is 5.10 Å². The van der Waals surface area contributed by atoms with Gasteiger partial charge in [-0.1, -0.05) is 84.9 Å². The quantitative estimate of drug-likeness (QED) is 0.201. The summed E-state index contributed by atoms with van der Waals surface area (Å²) < 4.78 is 10.6. The average Bonchev–Trinajstić information content (AvgIpc) is 3.77. The Morgan fingerprint density at radius 3 is 1.98 bits per heavy atom. The molecule has 0 amide bonds. The molecule has 0 aliphatic heterocycles. The molecule has 43 heavy (non-hydrogen) atoms. The topological polar surface area (TPSA) is 35.4 Å². The van der Waals surface area contributed by atoms with Gasteiger partial charge in [0.25, 0.3) is 0 Å². The van der Waals surface area contributed by atoms with Crippen LogP contribution in [-0.4, -0.2) is 14.2 Å². The lowest BCUT2D eigenvalue weighted by molar-refractivity contribution is 0.669. The van der Waals surface area contributed by atoms with Gasteiger partial charge >= 0.3 is 0 Å². The van der Waals surface area contributed by atoms with Crippen molar-refractivity contribution in [1.29, 1.82) is 0 Å². The van der Waals surface area contributed by atoms with Crippen molar-refractivity contribution in [2.24, 2.45) is 0 Å². The number of hydrogen-bond acceptors (Lipinski definition) is 2. The number of nitrogens with zero attached hydrogens (tertiary/aromatic N) is 3. The van der Waals surface area contributed by atoms with Crippen LogP contribution in [0.3, 0.4) is 0 Å². The Morgan fingerprint density at radius 2 is 1.12 bits per heavy atom. The van der Waals surface area contributed by atoms with Gasteiger partial charge in [-0.3, -0.25) is 0 Å². The fourth-order valence-electron chi connectivity index (χ4n) is 7.08. The van der Waals surface area contributed by atoms with Crippen molar-refractivity contribution in [2.45, 2.75) is 0 Å². The molecule has 0 aliphatic carbocycles. The van der Waals surface area contributed by atoms with E-state index in [9.17, 15) is 0 Å². The van der Waals surface area contributed by atoms with E-state index in [2.05, 4.69) is 130 Å². The molecule has 0 saturated heterocycles. The van der Waals surface area contributed by atoms with Crippen LogP contribution in [-0.2, 0) is 0 Å². The third-order valence-corrected chi connectivity index (χ3v) is 8.98. The van der Waals surface area contributed by atoms with Gasteiger partial charge in [-0.05, 0) is 59.5 Å². The van der Waals surface area contributed by atoms with Crippen molar-refractivity contribution in [1.82, 2.24) is 14.2 Å². The molecule has 10 aromatic rings. The van der Waals surface area contributed by atoms with Crippen LogP contribution in [0.1, 0.15) is 0 Å². The number of furan rings is 1. The minimum Gasteiger partial charge on any atom is -0.456 e. The lowest BCUT2D eigenvalue weighted by atomic mass is 9.99. The summed E-state index contributed by atoms with van der Waals surface area (Å²) in [4.78, 5) is 0. The average molecular weight is 550 g/mol. The molecule has 10 rings (SSSR count). The zero-order chi connectivity index (χ0) is 28.1. The van der Waals surface area contributed by atoms with E-state index in [1.54, 1.807) is 0 Å². The molecule has 4 aromatic heterocycles. The standard InChI is InChI=1S/C39H23N3O/c1-2-13-30-26(9-1)27-10-4-7-15-36(27)42-39(30)33(23-40-42)24-17-19-35-31(21-24)28-11-3-6-14-34(28)41(35)25-18-20-38-32(22-25)29-12-5-8-16-37(29)43-38/h1-23H. The van der Waals surface area contributed by atoms with Gasteiger partial charge in [0, 0.05) is 43.6 Å². The van der Waals surface area contributed by atoms with Crippen molar-refractivity contribution >= 4 is 70.9 Å². The SMILES string of the molecule is c1ccc2c(c1)oc1ccc(-n3c4ccccc4c4cc(-c5cnn6c7ccccc7c7ccccc7c56)ccc43)cc12. The van der Waals surface area contributed by atoms with Gasteiger partial charge in [0.15, 0.2) is 0 Å². The molecule has 4 nitrogen and oxygen atoms in total. The Hall–Kier alpha value is -5.87. The highest BCUT2D eigenvalue weighted by Gasteiger charge is 2.18. The van der Waals surface area contributed by atoms with E-state index in [1.165, 1.54) is 38.0 Å². The van der Waals surface area contributed by atoms with Crippen LogP contribution in [0.2, 0.25) is 0 Å². The predicted octanol–water partition coefficient (Wildman–Crippen LogP) is 10.3. The zero-order valence-corrected chi connectivity index (χ0v) is 23.0. The summed E-state index contributed by atoms with van der Waals surface area (Å²) in [5.41, 5.74) is 9.82. The summed E-state index contributed by atoms with van der Waals surface area (Å²) in [6.07, 6.45) is 2.02. The highest BCUT2D eigenvalue weighted by atomic mass is 16.3. The molecule has 200 valence electrons. The molecule has 4 heteroatoms. The van der Waals surface area contributed by atoms with Crippen LogP contribution < -0.4 is 0 Å². The summed E-state index contributed by atoms with van der Waals surface area (Å²) in [5.74, 6) is 0. The minimum absolute atomic E-state index is 0.904. The maximum atomic E-state index is 6.13. The summed E-state index contributed by atoms with van der Waals surface area (Å²) in [7, 11) is 0. The van der Waals surface area contributed by atoms with Crippen LogP contribution in [0.25, 0.3) is 87.8 Å². The minimum atomic E-state index is 0.904. The van der Waals surface area contributed by atoms with Gasteiger partial charge in [0.2, 0.25) is 0 Å². The van der Waals surface area contributed by atoms with E-state index < -0.39 is 0 Å². The van der Waals surface area contributed by atoms with Crippen LogP contribution >= 0.6 is 0 Å². The van der Waals surface area contributed by atoms with E-state index in [-0.39, 0.29) is 0 Å². The van der Waals surface area contributed by atoms with Gasteiger partial charge in [0.05, 0.1) is 28.3 Å². The van der Waals surface area contributed by atoms with Gasteiger partial charge < -0.3 is 8.98 Å². The zero-order valence-electron chi connectivity index (χ0n) is 23.0. The lowest BCUT2D eigenvalue weighted by Gasteiger charge is -2.10. The third kappa shape index (κ3) is 3.07. The second-order valence-corrected chi connectivity index (χ2v) is 11.2. The summed E-state index contributed by atoms with van der Waals surface area (Å²) >= 11 is 0. The summed E-state index contributed by atoms with van der Waals surface area (Å²) in [6, 6.07) is 47.4. The number of hydrogen-bond donors (Lipinski definition) is 0. The Morgan fingerprint density at radius 1 is 0.465 bits per heavy atom. The lowest BCUT2D eigenvalue weighted by Crippen LogP contribution is -1.93. The first-order chi connectivity index (χ1) is 21.3. The molecule has 0 bridgehead atoms. The smallest absolute Gasteiger partial charge is 0.135 e. The summed E-state index contributed by atoms with van der Waals surface area (Å²) in [6.45, 7) is 0. The number of benzene rings is 6. The molecule has 0 unspecified atom stereocenters. The van der Waals surface area contributed by atoms with Crippen molar-refractivity contribution in [3.8, 4) is 16.8 Å². The second-order valence-electron chi connectivity index (χ2n) is 11.2. The molecule has 6 aromatic carbocycles. The largest absolute Gasteiger partial charge is 0.456 e. The molecule has 0 saturated carbocycles. The highest BCUT2D eigenvalue weighted by molar-refractivity contribution is 6.16. The Labute approximate surface area is 245 Å². The Balaban J connectivity index is 1.25. The molecule has 0 spiro atoms. The van der Waals surface area contributed by atoms with Crippen LogP contribution in [0, 0.1) is 0 Å². The van der Waals surface area contributed by atoms with Crippen molar-refractivity contribution in [2.75, 3.05) is 0 Å². The molecule has 0 fully saturated rings. The van der Waals surface area contributed by atoms with E-state index in [4.69, 9.17) is 9.52 Å². The van der Waals surface area contributed by atoms with Crippen LogP contribution in [0.5, 0.6) is 0 Å². The second kappa shape index (κ2) is 8.34. The molecular weight excluding hydrogens is 526 g/mol. The fourth-order valence-corrected chi connectivity index (χ4v) is 7.08. The fraction of sp³-hybridized carbons (Fsp3) is 0. The van der Waals surface area contributed by atoms with Gasteiger partial charge in [-0.15, -0.1) is 0 Å². The maximum absolute atomic E-state index is 6.13. The Bertz CT molecular complexity index is 2740. The third-order valence-electron chi connectivity index (χ3n) is 8.98. The van der Waals surface area contributed by atoms with Crippen molar-refractivity contribution < 1.29 is 4.42 Å². The van der Waals surface area contributed by atoms with Crippen LogP contribution in [0.15, 0.2) is 144 Å². The molecule has 0 aliphatic rings. The van der Waals surface area contributed by atoms with Crippen molar-refractivity contribution in [3.63, 3.8) is 0 Å². The monoisotopic (exact) mass is 549 g/mol. The number of fused-ring (bicyclic) bond motifs is 12. The summed E-state index contributed by atoms with van der Waals surface area (Å²) in [5, 5.41) is 13.3. The van der Waals surface area contributed by atoms with Gasteiger partial charge in [-0.25, -0.2) is 4.52 Å². The predicted molar refractivity (Wildman–Crippen MR) is 177 cm³/mol. The number of aromatic nitrogens is 3. The first kappa shape index (κ1) is 22.8. The van der Waals surface area contributed by atoms with E-state index >= 15 is 0 Å². The van der Waals surface area contributed by atoms with E-state index in [1.807, 2.05) is 18.3 Å². The normalized spacial score (nSPS) is 12.2. The van der Waals surface area contributed by atoms with Crippen molar-refractivity contribution in [3.05, 3.63) is 140 Å². The Kier molecular flexibility index (Phi) is 4.42. The first-order valence-corrected chi connectivity index (χ1v) is 14.6. The first-order valence-electron chi connectivity index (χ1n) is 14.6.